The molecule has 7 nitrogen and oxygen atoms in total. The first-order valence-corrected chi connectivity index (χ1v) is 3.83. The van der Waals surface area contributed by atoms with Gasteiger partial charge in [0.25, 0.3) is 0 Å². The minimum Gasteiger partial charge on any atom is -0.481 e. The Hall–Kier alpha value is -1.92. The van der Waals surface area contributed by atoms with Crippen molar-refractivity contribution < 1.29 is 14.8 Å². The van der Waals surface area contributed by atoms with Crippen LogP contribution in [0.4, 0.5) is 5.82 Å². The van der Waals surface area contributed by atoms with Crippen LogP contribution in [0.1, 0.15) is 18.5 Å². The number of aliphatic carboxylic acids is 1. The molecule has 0 bridgehead atoms. The zero-order chi connectivity index (χ0) is 10.9. The predicted octanol–water partition coefficient (Wildman–Crippen LogP) is 0.516. The molecule has 0 aromatic carbocycles. The van der Waals surface area contributed by atoms with Crippen molar-refractivity contribution in [1.82, 2.24) is 9.55 Å². The number of imidazole rings is 1. The van der Waals surface area contributed by atoms with Crippen LogP contribution in [0.25, 0.3) is 0 Å². The lowest BCUT2D eigenvalue weighted by Gasteiger charge is -2.05. The molecule has 7 heteroatoms. The highest BCUT2D eigenvalue weighted by molar-refractivity contribution is 5.76. The summed E-state index contributed by atoms with van der Waals surface area (Å²) in [6, 6.07) is 0. The lowest BCUT2D eigenvalue weighted by atomic mass is 10.1. The molecule has 0 aliphatic carbocycles. The third kappa shape index (κ3) is 1.56. The first kappa shape index (κ1) is 10.2. The van der Waals surface area contributed by atoms with Gasteiger partial charge in [0.2, 0.25) is 6.33 Å². The summed E-state index contributed by atoms with van der Waals surface area (Å²) in [6.07, 6.45) is 1.23. The van der Waals surface area contributed by atoms with Gasteiger partial charge < -0.3 is 19.8 Å². The fourth-order valence-corrected chi connectivity index (χ4v) is 1.18. The number of carboxylic acid groups (broad SMARTS) is 1. The fraction of sp³-hybridized carbons (Fsp3) is 0.429. The molecule has 1 aromatic rings. The third-order valence-corrected chi connectivity index (χ3v) is 1.92. The van der Waals surface area contributed by atoms with Gasteiger partial charge in [-0.15, -0.1) is 0 Å². The summed E-state index contributed by atoms with van der Waals surface area (Å²) in [5.41, 5.74) is 0.0995. The molecule has 1 aromatic heterocycles. The Kier molecular flexibility index (Phi) is 2.50. The fourth-order valence-electron chi connectivity index (χ4n) is 1.18. The van der Waals surface area contributed by atoms with Crippen molar-refractivity contribution in [2.45, 2.75) is 12.8 Å². The summed E-state index contributed by atoms with van der Waals surface area (Å²) in [6.45, 7) is 1.38. The summed E-state index contributed by atoms with van der Waals surface area (Å²) < 4.78 is 1.34. The van der Waals surface area contributed by atoms with E-state index in [1.165, 1.54) is 24.9 Å². The summed E-state index contributed by atoms with van der Waals surface area (Å²) in [7, 11) is 1.52. The van der Waals surface area contributed by atoms with Gasteiger partial charge in [-0.2, -0.15) is 0 Å². The van der Waals surface area contributed by atoms with E-state index >= 15 is 0 Å². The van der Waals surface area contributed by atoms with Crippen LogP contribution in [-0.2, 0) is 11.8 Å². The molecule has 0 aliphatic heterocycles. The number of aryl methyl sites for hydroxylation is 1. The van der Waals surface area contributed by atoms with Crippen LogP contribution in [0.3, 0.4) is 0 Å². The van der Waals surface area contributed by atoms with Crippen LogP contribution in [0.5, 0.6) is 0 Å². The first-order valence-electron chi connectivity index (χ1n) is 3.83. The molecular weight excluding hydrogens is 190 g/mol. The summed E-state index contributed by atoms with van der Waals surface area (Å²) in [4.78, 5) is 24.0. The molecule has 0 saturated heterocycles. The van der Waals surface area contributed by atoms with Crippen LogP contribution in [0.2, 0.25) is 0 Å². The van der Waals surface area contributed by atoms with Crippen molar-refractivity contribution in [1.29, 1.82) is 0 Å². The van der Waals surface area contributed by atoms with Crippen LogP contribution in [0.15, 0.2) is 6.33 Å². The number of carbonyl (C=O) groups is 1. The summed E-state index contributed by atoms with van der Waals surface area (Å²) in [5.74, 6) is -2.46. The van der Waals surface area contributed by atoms with E-state index in [-0.39, 0.29) is 5.69 Å². The van der Waals surface area contributed by atoms with Crippen molar-refractivity contribution in [3.05, 3.63) is 22.1 Å². The molecule has 14 heavy (non-hydrogen) atoms. The van der Waals surface area contributed by atoms with Gasteiger partial charge in [-0.1, -0.05) is 0 Å². The molecule has 1 heterocycles. The minimum atomic E-state index is -1.11. The smallest absolute Gasteiger partial charge is 0.385 e. The number of carboxylic acids is 1. The maximum Gasteiger partial charge on any atom is 0.385 e. The lowest BCUT2D eigenvalue weighted by molar-refractivity contribution is -0.390. The van der Waals surface area contributed by atoms with E-state index in [1.54, 1.807) is 0 Å². The van der Waals surface area contributed by atoms with Crippen LogP contribution < -0.4 is 0 Å². The zero-order valence-electron chi connectivity index (χ0n) is 7.67. The van der Waals surface area contributed by atoms with Gasteiger partial charge >= 0.3 is 11.8 Å². The Bertz CT molecular complexity index is 384. The SMILES string of the molecule is CC(C(=O)O)c1c([N+](=O)[O-])ncn1C. The monoisotopic (exact) mass is 199 g/mol. The molecule has 0 spiro atoms. The number of nitro groups is 1. The van der Waals surface area contributed by atoms with Crippen molar-refractivity contribution in [3.8, 4) is 0 Å². The van der Waals surface area contributed by atoms with Crippen LogP contribution >= 0.6 is 0 Å². The highest BCUT2D eigenvalue weighted by Gasteiger charge is 2.28. The van der Waals surface area contributed by atoms with E-state index in [1.807, 2.05) is 0 Å². The first-order chi connectivity index (χ1) is 6.45. The standard InChI is InChI=1S/C7H9N3O4/c1-4(7(11)12)5-6(10(13)14)8-3-9(5)2/h3-4H,1-2H3,(H,11,12). The van der Waals surface area contributed by atoms with Crippen molar-refractivity contribution in [2.24, 2.45) is 7.05 Å². The largest absolute Gasteiger partial charge is 0.481 e. The molecule has 0 fully saturated rings. The van der Waals surface area contributed by atoms with E-state index in [4.69, 9.17) is 5.11 Å². The molecule has 76 valence electrons. The average Bonchev–Trinajstić information content (AvgIpc) is 2.45. The maximum atomic E-state index is 10.7. The minimum absolute atomic E-state index is 0.0995. The van der Waals surface area contributed by atoms with E-state index < -0.39 is 22.6 Å². The number of nitrogens with zero attached hydrogens (tertiary/aromatic N) is 3. The molecule has 1 rings (SSSR count). The second kappa shape index (κ2) is 3.44. The molecule has 0 saturated carbocycles. The van der Waals surface area contributed by atoms with Crippen LogP contribution in [-0.4, -0.2) is 25.6 Å². The number of rotatable bonds is 3. The van der Waals surface area contributed by atoms with Gasteiger partial charge in [0.1, 0.15) is 11.6 Å². The summed E-state index contributed by atoms with van der Waals surface area (Å²) in [5, 5.41) is 19.2. The molecule has 0 aliphatic rings. The Morgan fingerprint density at radius 3 is 2.79 bits per heavy atom. The molecule has 1 atom stereocenters. The van der Waals surface area contributed by atoms with Crippen molar-refractivity contribution >= 4 is 11.8 Å². The van der Waals surface area contributed by atoms with Gasteiger partial charge in [0.15, 0.2) is 0 Å². The average molecular weight is 199 g/mol. The molecule has 1 unspecified atom stereocenters. The van der Waals surface area contributed by atoms with Gasteiger partial charge in [-0.25, -0.2) is 0 Å². The normalized spacial score (nSPS) is 12.4. The quantitative estimate of drug-likeness (QED) is 0.565. The zero-order valence-corrected chi connectivity index (χ0v) is 7.67. The van der Waals surface area contributed by atoms with E-state index in [0.717, 1.165) is 0 Å². The molecular formula is C7H9N3O4. The van der Waals surface area contributed by atoms with Crippen molar-refractivity contribution in [3.63, 3.8) is 0 Å². The second-order valence-corrected chi connectivity index (χ2v) is 2.88. The van der Waals surface area contributed by atoms with Gasteiger partial charge in [-0.3, -0.25) is 4.79 Å². The van der Waals surface area contributed by atoms with Gasteiger partial charge in [-0.05, 0) is 16.8 Å². The Morgan fingerprint density at radius 2 is 2.36 bits per heavy atom. The molecule has 1 N–H and O–H groups in total. The second-order valence-electron chi connectivity index (χ2n) is 2.88. The third-order valence-electron chi connectivity index (χ3n) is 1.92. The maximum absolute atomic E-state index is 10.7. The van der Waals surface area contributed by atoms with Crippen molar-refractivity contribution in [2.75, 3.05) is 0 Å². The van der Waals surface area contributed by atoms with Crippen LogP contribution in [0, 0.1) is 10.1 Å². The van der Waals surface area contributed by atoms with E-state index in [2.05, 4.69) is 4.98 Å². The topological polar surface area (TPSA) is 98.3 Å². The number of aromatic nitrogens is 2. The predicted molar refractivity (Wildman–Crippen MR) is 45.9 cm³/mol. The highest BCUT2D eigenvalue weighted by Crippen LogP contribution is 2.24. The van der Waals surface area contributed by atoms with Gasteiger partial charge in [0.05, 0.1) is 0 Å². The lowest BCUT2D eigenvalue weighted by Crippen LogP contribution is -2.12. The Morgan fingerprint density at radius 1 is 1.79 bits per heavy atom. The number of hydrogen-bond donors (Lipinski definition) is 1. The van der Waals surface area contributed by atoms with E-state index in [9.17, 15) is 14.9 Å². The Balaban J connectivity index is 3.24. The van der Waals surface area contributed by atoms with Gasteiger partial charge in [0, 0.05) is 7.05 Å². The summed E-state index contributed by atoms with van der Waals surface area (Å²) >= 11 is 0. The Labute approximate surface area is 79.1 Å². The highest BCUT2D eigenvalue weighted by atomic mass is 16.6. The molecule has 0 amide bonds. The van der Waals surface area contributed by atoms with E-state index in [0.29, 0.717) is 0 Å². The molecule has 0 radical (unpaired) electrons. The number of hydrogen-bond acceptors (Lipinski definition) is 4.